The Morgan fingerprint density at radius 2 is 1.85 bits per heavy atom. The lowest BCUT2D eigenvalue weighted by Gasteiger charge is -2.41. The van der Waals surface area contributed by atoms with Crippen LogP contribution in [0.4, 0.5) is 0 Å². The molecule has 3 atom stereocenters. The van der Waals surface area contributed by atoms with Crippen molar-refractivity contribution in [3.63, 3.8) is 0 Å². The van der Waals surface area contributed by atoms with Gasteiger partial charge in [0.05, 0.1) is 6.04 Å². The molecule has 4 nitrogen and oxygen atoms in total. The Morgan fingerprint density at radius 3 is 2.50 bits per heavy atom. The molecular formula is C16H31N3O. The van der Waals surface area contributed by atoms with E-state index in [2.05, 4.69) is 23.8 Å². The Hall–Kier alpha value is -0.610. The van der Waals surface area contributed by atoms with Crippen molar-refractivity contribution < 1.29 is 4.79 Å². The van der Waals surface area contributed by atoms with Crippen LogP contribution < -0.4 is 5.73 Å². The first-order valence-corrected chi connectivity index (χ1v) is 8.36. The molecule has 116 valence electrons. The molecule has 0 aromatic heterocycles. The van der Waals surface area contributed by atoms with Gasteiger partial charge in [0.1, 0.15) is 0 Å². The fourth-order valence-corrected chi connectivity index (χ4v) is 3.84. The summed E-state index contributed by atoms with van der Waals surface area (Å²) in [5, 5.41) is 0. The minimum absolute atomic E-state index is 0.00903. The van der Waals surface area contributed by atoms with E-state index >= 15 is 0 Å². The molecule has 1 heterocycles. The number of nitrogens with two attached hydrogens (primary N) is 1. The molecule has 0 aromatic carbocycles. The number of hydrogen-bond acceptors (Lipinski definition) is 3. The van der Waals surface area contributed by atoms with Crippen molar-refractivity contribution in [3.8, 4) is 0 Å². The van der Waals surface area contributed by atoms with Gasteiger partial charge in [-0.05, 0) is 58.5 Å². The highest BCUT2D eigenvalue weighted by atomic mass is 16.2. The third-order valence-corrected chi connectivity index (χ3v) is 5.33. The van der Waals surface area contributed by atoms with E-state index in [0.717, 1.165) is 32.5 Å². The molecule has 1 aliphatic carbocycles. The SMILES string of the molecule is CC(C(=O)N1CCCCC1)N(C)C1CCCCC1CN. The van der Waals surface area contributed by atoms with Gasteiger partial charge in [0.15, 0.2) is 0 Å². The highest BCUT2D eigenvalue weighted by Gasteiger charge is 2.33. The Balaban J connectivity index is 1.95. The fourth-order valence-electron chi connectivity index (χ4n) is 3.84. The van der Waals surface area contributed by atoms with Crippen molar-refractivity contribution in [3.05, 3.63) is 0 Å². The molecule has 1 aliphatic heterocycles. The highest BCUT2D eigenvalue weighted by Crippen LogP contribution is 2.28. The molecule has 3 unspecified atom stereocenters. The van der Waals surface area contributed by atoms with Crippen LogP contribution in [0.1, 0.15) is 51.9 Å². The van der Waals surface area contributed by atoms with Crippen molar-refractivity contribution in [2.45, 2.75) is 64.0 Å². The van der Waals surface area contributed by atoms with Crippen LogP contribution in [0.2, 0.25) is 0 Å². The average Bonchev–Trinajstić information content (AvgIpc) is 2.53. The van der Waals surface area contributed by atoms with Gasteiger partial charge in [-0.25, -0.2) is 0 Å². The normalized spacial score (nSPS) is 29.5. The summed E-state index contributed by atoms with van der Waals surface area (Å²) in [6.07, 6.45) is 8.57. The van der Waals surface area contributed by atoms with Gasteiger partial charge < -0.3 is 10.6 Å². The Kier molecular flexibility index (Phi) is 5.85. The van der Waals surface area contributed by atoms with E-state index in [9.17, 15) is 4.79 Å². The summed E-state index contributed by atoms with van der Waals surface area (Å²) in [7, 11) is 2.12. The summed E-state index contributed by atoms with van der Waals surface area (Å²) in [4.78, 5) is 17.0. The second-order valence-electron chi connectivity index (χ2n) is 6.57. The number of amides is 1. The van der Waals surface area contributed by atoms with Crippen molar-refractivity contribution in [2.75, 3.05) is 26.7 Å². The molecule has 1 saturated heterocycles. The van der Waals surface area contributed by atoms with Crippen LogP contribution in [0, 0.1) is 5.92 Å². The number of piperidine rings is 1. The summed E-state index contributed by atoms with van der Waals surface area (Å²) in [5.74, 6) is 0.874. The first kappa shape index (κ1) is 15.8. The number of likely N-dealkylation sites (N-methyl/N-ethyl adjacent to an activating group) is 1. The molecular weight excluding hydrogens is 250 g/mol. The third-order valence-electron chi connectivity index (χ3n) is 5.33. The largest absolute Gasteiger partial charge is 0.341 e. The number of rotatable bonds is 4. The summed E-state index contributed by atoms with van der Waals surface area (Å²) in [6, 6.07) is 0.475. The van der Waals surface area contributed by atoms with Gasteiger partial charge in [-0.2, -0.15) is 0 Å². The van der Waals surface area contributed by atoms with Crippen LogP contribution in [-0.2, 0) is 4.79 Å². The van der Waals surface area contributed by atoms with Gasteiger partial charge in [-0.1, -0.05) is 12.8 Å². The Bertz CT molecular complexity index is 315. The molecule has 0 radical (unpaired) electrons. The molecule has 2 N–H and O–H groups in total. The Morgan fingerprint density at radius 1 is 1.20 bits per heavy atom. The van der Waals surface area contributed by atoms with Crippen LogP contribution in [0.3, 0.4) is 0 Å². The van der Waals surface area contributed by atoms with Gasteiger partial charge in [0, 0.05) is 19.1 Å². The van der Waals surface area contributed by atoms with Crippen LogP contribution in [-0.4, -0.2) is 54.5 Å². The summed E-state index contributed by atoms with van der Waals surface area (Å²) < 4.78 is 0. The zero-order valence-corrected chi connectivity index (χ0v) is 13.2. The minimum atomic E-state index is -0.00903. The predicted octanol–water partition coefficient (Wildman–Crippen LogP) is 1.84. The molecule has 2 rings (SSSR count). The summed E-state index contributed by atoms with van der Waals surface area (Å²) in [5.41, 5.74) is 5.93. The van der Waals surface area contributed by atoms with E-state index < -0.39 is 0 Å². The lowest BCUT2D eigenvalue weighted by Crippen LogP contribution is -2.53. The summed E-state index contributed by atoms with van der Waals surface area (Å²) >= 11 is 0. The number of carbonyl (C=O) groups is 1. The van der Waals surface area contributed by atoms with E-state index in [-0.39, 0.29) is 6.04 Å². The molecule has 0 aromatic rings. The van der Waals surface area contributed by atoms with Crippen LogP contribution >= 0.6 is 0 Å². The number of nitrogens with zero attached hydrogens (tertiary/aromatic N) is 2. The van der Waals surface area contributed by atoms with Gasteiger partial charge in [-0.15, -0.1) is 0 Å². The minimum Gasteiger partial charge on any atom is -0.341 e. The first-order chi connectivity index (χ1) is 9.65. The zero-order valence-electron chi connectivity index (χ0n) is 13.2. The number of likely N-dealkylation sites (tertiary alicyclic amines) is 1. The molecule has 0 spiro atoms. The first-order valence-electron chi connectivity index (χ1n) is 8.36. The van der Waals surface area contributed by atoms with Crippen molar-refractivity contribution in [1.82, 2.24) is 9.80 Å². The maximum absolute atomic E-state index is 12.6. The molecule has 4 heteroatoms. The van der Waals surface area contributed by atoms with Crippen LogP contribution in [0.15, 0.2) is 0 Å². The van der Waals surface area contributed by atoms with Gasteiger partial charge >= 0.3 is 0 Å². The fraction of sp³-hybridized carbons (Fsp3) is 0.938. The van der Waals surface area contributed by atoms with Gasteiger partial charge in [-0.3, -0.25) is 9.69 Å². The van der Waals surface area contributed by atoms with Crippen molar-refractivity contribution in [2.24, 2.45) is 11.7 Å². The third kappa shape index (κ3) is 3.53. The molecule has 0 bridgehead atoms. The van der Waals surface area contributed by atoms with Gasteiger partial charge in [0.25, 0.3) is 0 Å². The lowest BCUT2D eigenvalue weighted by molar-refractivity contribution is -0.138. The maximum atomic E-state index is 12.6. The molecule has 2 fully saturated rings. The molecule has 2 aliphatic rings. The maximum Gasteiger partial charge on any atom is 0.239 e. The topological polar surface area (TPSA) is 49.6 Å². The number of carbonyl (C=O) groups excluding carboxylic acids is 1. The van der Waals surface area contributed by atoms with Crippen LogP contribution in [0.5, 0.6) is 0 Å². The smallest absolute Gasteiger partial charge is 0.239 e. The molecule has 1 saturated carbocycles. The second-order valence-corrected chi connectivity index (χ2v) is 6.57. The van der Waals surface area contributed by atoms with Crippen molar-refractivity contribution in [1.29, 1.82) is 0 Å². The lowest BCUT2D eigenvalue weighted by atomic mass is 9.83. The highest BCUT2D eigenvalue weighted by molar-refractivity contribution is 5.81. The zero-order chi connectivity index (χ0) is 14.5. The van der Waals surface area contributed by atoms with Crippen molar-refractivity contribution >= 4 is 5.91 Å². The second kappa shape index (κ2) is 7.41. The van der Waals surface area contributed by atoms with E-state index in [0.29, 0.717) is 17.9 Å². The van der Waals surface area contributed by atoms with Gasteiger partial charge in [0.2, 0.25) is 5.91 Å². The predicted molar refractivity (Wildman–Crippen MR) is 82.5 cm³/mol. The average molecular weight is 281 g/mol. The van der Waals surface area contributed by atoms with E-state index in [1.807, 2.05) is 0 Å². The number of hydrogen-bond donors (Lipinski definition) is 1. The quantitative estimate of drug-likeness (QED) is 0.855. The van der Waals surface area contributed by atoms with E-state index in [1.165, 1.54) is 32.1 Å². The molecule has 1 amide bonds. The standard InChI is InChI=1S/C16H31N3O/c1-13(16(20)19-10-6-3-7-11-19)18(2)15-9-5-4-8-14(15)12-17/h13-15H,3-12,17H2,1-2H3. The molecule has 20 heavy (non-hydrogen) atoms. The monoisotopic (exact) mass is 281 g/mol. The van der Waals surface area contributed by atoms with E-state index in [4.69, 9.17) is 5.73 Å². The summed E-state index contributed by atoms with van der Waals surface area (Å²) in [6.45, 7) is 4.71. The van der Waals surface area contributed by atoms with E-state index in [1.54, 1.807) is 0 Å². The van der Waals surface area contributed by atoms with Crippen LogP contribution in [0.25, 0.3) is 0 Å². The Labute approximate surface area is 123 Å².